The first-order valence-corrected chi connectivity index (χ1v) is 6.58. The molecule has 0 aromatic rings. The van der Waals surface area contributed by atoms with Crippen molar-refractivity contribution in [1.29, 1.82) is 0 Å². The molecular formula is C12H26F3IN4. The van der Waals surface area contributed by atoms with Gasteiger partial charge in [0.2, 0.25) is 0 Å². The summed E-state index contributed by atoms with van der Waals surface area (Å²) in [4.78, 5) is 5.48. The lowest BCUT2D eigenvalue weighted by molar-refractivity contribution is -0.142. The summed E-state index contributed by atoms with van der Waals surface area (Å²) in [6, 6.07) is 0.283. The molecule has 8 heteroatoms. The number of hydrogen-bond acceptors (Lipinski definition) is 2. The maximum absolute atomic E-state index is 12.1. The average Bonchev–Trinajstić information content (AvgIpc) is 2.26. The second kappa shape index (κ2) is 11.4. The minimum Gasteiger partial charge on any atom is -0.357 e. The van der Waals surface area contributed by atoms with Crippen LogP contribution < -0.4 is 10.6 Å². The quantitative estimate of drug-likeness (QED) is 0.385. The number of hydrogen-bond donors (Lipinski definition) is 2. The van der Waals surface area contributed by atoms with E-state index in [1.807, 2.05) is 13.8 Å². The predicted octanol–water partition coefficient (Wildman–Crippen LogP) is 2.45. The lowest BCUT2D eigenvalue weighted by Crippen LogP contribution is -2.42. The van der Waals surface area contributed by atoms with Crippen LogP contribution in [0.3, 0.4) is 0 Å². The fraction of sp³-hybridized carbons (Fsp3) is 0.917. The molecule has 122 valence electrons. The van der Waals surface area contributed by atoms with E-state index in [4.69, 9.17) is 0 Å². The fourth-order valence-electron chi connectivity index (χ4n) is 1.37. The molecule has 0 rings (SSSR count). The summed E-state index contributed by atoms with van der Waals surface area (Å²) in [6.45, 7) is 6.46. The molecule has 0 saturated heterocycles. The normalized spacial score (nSPS) is 13.9. The van der Waals surface area contributed by atoms with Gasteiger partial charge in [-0.15, -0.1) is 24.0 Å². The molecule has 0 heterocycles. The van der Waals surface area contributed by atoms with Crippen LogP contribution in [0.1, 0.15) is 27.2 Å². The Bertz CT molecular complexity index is 272. The van der Waals surface area contributed by atoms with Crippen molar-refractivity contribution < 1.29 is 13.2 Å². The molecule has 1 atom stereocenters. The number of guanidine groups is 1. The van der Waals surface area contributed by atoms with Crippen LogP contribution in [0.2, 0.25) is 0 Å². The van der Waals surface area contributed by atoms with E-state index in [0.717, 1.165) is 13.0 Å². The first kappa shape index (κ1) is 22.0. The molecule has 0 saturated carbocycles. The van der Waals surface area contributed by atoms with Gasteiger partial charge in [0, 0.05) is 19.1 Å². The van der Waals surface area contributed by atoms with Crippen molar-refractivity contribution in [3.05, 3.63) is 0 Å². The molecule has 0 aliphatic heterocycles. The summed E-state index contributed by atoms with van der Waals surface area (Å²) in [5.74, 6) is 0.650. The number of likely N-dealkylation sites (N-methyl/N-ethyl adjacent to an activating group) is 1. The summed E-state index contributed by atoms with van der Waals surface area (Å²) in [7, 11) is 1.44. The lowest BCUT2D eigenvalue weighted by Gasteiger charge is -2.19. The third kappa shape index (κ3) is 12.8. The summed E-state index contributed by atoms with van der Waals surface area (Å²) < 4.78 is 36.4. The van der Waals surface area contributed by atoms with E-state index < -0.39 is 12.7 Å². The van der Waals surface area contributed by atoms with Crippen LogP contribution in [-0.4, -0.2) is 56.3 Å². The zero-order chi connectivity index (χ0) is 14.9. The molecule has 0 aromatic heterocycles. The Kier molecular flexibility index (Phi) is 12.6. The van der Waals surface area contributed by atoms with Crippen LogP contribution >= 0.6 is 24.0 Å². The molecule has 0 aliphatic rings. The summed E-state index contributed by atoms with van der Waals surface area (Å²) in [6.07, 6.45) is -3.20. The van der Waals surface area contributed by atoms with Gasteiger partial charge in [0.05, 0.1) is 13.1 Å². The van der Waals surface area contributed by atoms with Crippen LogP contribution in [-0.2, 0) is 0 Å². The number of nitrogens with zero attached hydrogens (tertiary/aromatic N) is 2. The molecule has 20 heavy (non-hydrogen) atoms. The van der Waals surface area contributed by atoms with Crippen molar-refractivity contribution in [3.8, 4) is 0 Å². The van der Waals surface area contributed by atoms with Gasteiger partial charge in [0.15, 0.2) is 5.96 Å². The molecule has 0 spiro atoms. The van der Waals surface area contributed by atoms with Crippen molar-refractivity contribution in [2.45, 2.75) is 39.4 Å². The van der Waals surface area contributed by atoms with E-state index in [2.05, 4.69) is 22.5 Å². The standard InChI is InChI=1S/C12H25F3N4.HI/c1-5-10(3)18-11(16-6-2)17-7-8-19(4)9-12(13,14)15;/h10H,5-9H2,1-4H3,(H2,16,17,18);1H. The van der Waals surface area contributed by atoms with E-state index in [1.54, 1.807) is 0 Å². The Morgan fingerprint density at radius 3 is 2.35 bits per heavy atom. The van der Waals surface area contributed by atoms with Gasteiger partial charge < -0.3 is 10.6 Å². The van der Waals surface area contributed by atoms with E-state index in [-0.39, 0.29) is 36.6 Å². The summed E-state index contributed by atoms with van der Waals surface area (Å²) in [5.41, 5.74) is 0. The highest BCUT2D eigenvalue weighted by atomic mass is 127. The van der Waals surface area contributed by atoms with Crippen molar-refractivity contribution in [2.75, 3.05) is 33.2 Å². The Morgan fingerprint density at radius 1 is 1.30 bits per heavy atom. The number of halogens is 4. The van der Waals surface area contributed by atoms with Gasteiger partial charge in [-0.25, -0.2) is 0 Å². The first-order chi connectivity index (χ1) is 8.78. The molecule has 0 bridgehead atoms. The van der Waals surface area contributed by atoms with Crippen LogP contribution in [0.4, 0.5) is 13.2 Å². The predicted molar refractivity (Wildman–Crippen MR) is 87.8 cm³/mol. The van der Waals surface area contributed by atoms with E-state index in [9.17, 15) is 13.2 Å². The third-order valence-corrected chi connectivity index (χ3v) is 2.54. The van der Waals surface area contributed by atoms with Gasteiger partial charge in [0.1, 0.15) is 0 Å². The minimum absolute atomic E-state index is 0. The maximum atomic E-state index is 12.1. The number of nitrogens with one attached hydrogen (secondary N) is 2. The van der Waals surface area contributed by atoms with Crippen molar-refractivity contribution in [2.24, 2.45) is 4.99 Å². The molecular weight excluding hydrogens is 384 g/mol. The molecule has 2 N–H and O–H groups in total. The summed E-state index contributed by atoms with van der Waals surface area (Å²) >= 11 is 0. The first-order valence-electron chi connectivity index (χ1n) is 6.58. The van der Waals surface area contributed by atoms with Crippen LogP contribution in [0.25, 0.3) is 0 Å². The molecule has 0 aromatic carbocycles. The zero-order valence-corrected chi connectivity index (χ0v) is 14.9. The minimum atomic E-state index is -4.15. The van der Waals surface area contributed by atoms with Gasteiger partial charge in [-0.1, -0.05) is 6.92 Å². The van der Waals surface area contributed by atoms with E-state index in [1.165, 1.54) is 11.9 Å². The maximum Gasteiger partial charge on any atom is 0.401 e. The van der Waals surface area contributed by atoms with Crippen LogP contribution in [0.5, 0.6) is 0 Å². The second-order valence-corrected chi connectivity index (χ2v) is 4.57. The highest BCUT2D eigenvalue weighted by Crippen LogP contribution is 2.15. The molecule has 0 amide bonds. The number of alkyl halides is 3. The van der Waals surface area contributed by atoms with Gasteiger partial charge >= 0.3 is 6.18 Å². The van der Waals surface area contributed by atoms with Gasteiger partial charge in [-0.3, -0.25) is 9.89 Å². The average molecular weight is 410 g/mol. The molecule has 0 fully saturated rings. The topological polar surface area (TPSA) is 39.7 Å². The van der Waals surface area contributed by atoms with Gasteiger partial charge in [-0.2, -0.15) is 13.2 Å². The number of rotatable bonds is 7. The second-order valence-electron chi connectivity index (χ2n) is 4.57. The largest absolute Gasteiger partial charge is 0.401 e. The SMILES string of the molecule is CCNC(=NCCN(C)CC(F)(F)F)NC(C)CC.I. The van der Waals surface area contributed by atoms with Gasteiger partial charge in [-0.05, 0) is 27.3 Å². The molecule has 0 aliphatic carbocycles. The van der Waals surface area contributed by atoms with Crippen LogP contribution in [0, 0.1) is 0 Å². The Labute approximate surface area is 136 Å². The lowest BCUT2D eigenvalue weighted by atomic mass is 10.3. The van der Waals surface area contributed by atoms with Crippen molar-refractivity contribution in [1.82, 2.24) is 15.5 Å². The Morgan fingerprint density at radius 2 is 1.90 bits per heavy atom. The third-order valence-electron chi connectivity index (χ3n) is 2.54. The molecule has 0 radical (unpaired) electrons. The zero-order valence-electron chi connectivity index (χ0n) is 12.5. The number of aliphatic imine (C=N–C) groups is 1. The fourth-order valence-corrected chi connectivity index (χ4v) is 1.37. The molecule has 4 nitrogen and oxygen atoms in total. The highest BCUT2D eigenvalue weighted by Gasteiger charge is 2.28. The Hall–Kier alpha value is -0.250. The Balaban J connectivity index is 0. The highest BCUT2D eigenvalue weighted by molar-refractivity contribution is 14.0. The van der Waals surface area contributed by atoms with Crippen LogP contribution in [0.15, 0.2) is 4.99 Å². The monoisotopic (exact) mass is 410 g/mol. The smallest absolute Gasteiger partial charge is 0.357 e. The van der Waals surface area contributed by atoms with Crippen molar-refractivity contribution >= 4 is 29.9 Å². The summed E-state index contributed by atoms with van der Waals surface area (Å²) in [5, 5.41) is 6.26. The van der Waals surface area contributed by atoms with Crippen molar-refractivity contribution in [3.63, 3.8) is 0 Å². The van der Waals surface area contributed by atoms with Gasteiger partial charge in [0.25, 0.3) is 0 Å². The van der Waals surface area contributed by atoms with E-state index in [0.29, 0.717) is 12.5 Å². The van der Waals surface area contributed by atoms with E-state index >= 15 is 0 Å². The molecule has 1 unspecified atom stereocenters.